The van der Waals surface area contributed by atoms with Gasteiger partial charge in [0.1, 0.15) is 0 Å². The van der Waals surface area contributed by atoms with Gasteiger partial charge in [0, 0.05) is 13.7 Å². The molecule has 23 heavy (non-hydrogen) atoms. The maximum atomic E-state index is 6.17. The summed E-state index contributed by atoms with van der Waals surface area (Å²) in [5.41, 5.74) is 0.191. The highest BCUT2D eigenvalue weighted by atomic mass is 16.5. The van der Waals surface area contributed by atoms with Crippen molar-refractivity contribution in [2.45, 2.75) is 109 Å². The van der Waals surface area contributed by atoms with Crippen LogP contribution in [0.15, 0.2) is 0 Å². The average Bonchev–Trinajstić information content (AvgIpc) is 2.61. The van der Waals surface area contributed by atoms with E-state index in [4.69, 9.17) is 9.47 Å². The molecule has 2 rings (SSSR count). The molecule has 0 bridgehead atoms. The Balaban J connectivity index is 1.77. The summed E-state index contributed by atoms with van der Waals surface area (Å²) in [6.45, 7) is 5.44. The first-order chi connectivity index (χ1) is 11.2. The monoisotopic (exact) mass is 324 g/mol. The number of methoxy groups -OCH3 is 1. The van der Waals surface area contributed by atoms with Gasteiger partial charge in [-0.25, -0.2) is 0 Å². The first-order valence-corrected chi connectivity index (χ1v) is 10.4. The van der Waals surface area contributed by atoms with Gasteiger partial charge in [-0.05, 0) is 69.6 Å². The lowest BCUT2D eigenvalue weighted by Gasteiger charge is -2.47. The SMILES string of the molecule is CCCCCC1CCC(OC)(C2CCC(OCCC)CC2)CC1. The lowest BCUT2D eigenvalue weighted by Crippen LogP contribution is -2.45. The third-order valence-electron chi connectivity index (χ3n) is 6.55. The van der Waals surface area contributed by atoms with Crippen LogP contribution in [-0.2, 0) is 9.47 Å². The summed E-state index contributed by atoms with van der Waals surface area (Å²) in [4.78, 5) is 0. The van der Waals surface area contributed by atoms with Crippen LogP contribution in [0.5, 0.6) is 0 Å². The van der Waals surface area contributed by atoms with Gasteiger partial charge in [0.05, 0.1) is 11.7 Å². The van der Waals surface area contributed by atoms with Gasteiger partial charge in [0.25, 0.3) is 0 Å². The summed E-state index contributed by atoms with van der Waals surface area (Å²) in [5.74, 6) is 1.74. The van der Waals surface area contributed by atoms with Gasteiger partial charge in [-0.15, -0.1) is 0 Å². The van der Waals surface area contributed by atoms with E-state index in [1.165, 1.54) is 77.0 Å². The van der Waals surface area contributed by atoms with Crippen molar-refractivity contribution in [3.05, 3.63) is 0 Å². The van der Waals surface area contributed by atoms with Crippen LogP contribution in [0.4, 0.5) is 0 Å². The quantitative estimate of drug-likeness (QED) is 0.475. The lowest BCUT2D eigenvalue weighted by molar-refractivity contribution is -0.113. The molecule has 0 N–H and O–H groups in total. The minimum absolute atomic E-state index is 0.191. The van der Waals surface area contributed by atoms with E-state index in [2.05, 4.69) is 13.8 Å². The first kappa shape index (κ1) is 19.2. The number of hydrogen-bond acceptors (Lipinski definition) is 2. The minimum atomic E-state index is 0.191. The van der Waals surface area contributed by atoms with Crippen LogP contribution < -0.4 is 0 Å². The van der Waals surface area contributed by atoms with Crippen molar-refractivity contribution in [3.63, 3.8) is 0 Å². The van der Waals surface area contributed by atoms with E-state index < -0.39 is 0 Å². The van der Waals surface area contributed by atoms with Gasteiger partial charge < -0.3 is 9.47 Å². The predicted octanol–water partition coefficient (Wildman–Crippen LogP) is 6.13. The van der Waals surface area contributed by atoms with Crippen LogP contribution in [0.25, 0.3) is 0 Å². The van der Waals surface area contributed by atoms with E-state index in [-0.39, 0.29) is 5.60 Å². The van der Waals surface area contributed by atoms with Crippen molar-refractivity contribution in [2.75, 3.05) is 13.7 Å². The normalized spacial score (nSPS) is 35.3. The summed E-state index contributed by atoms with van der Waals surface area (Å²) >= 11 is 0. The van der Waals surface area contributed by atoms with E-state index in [1.54, 1.807) is 0 Å². The van der Waals surface area contributed by atoms with Gasteiger partial charge in [0.2, 0.25) is 0 Å². The van der Waals surface area contributed by atoms with Crippen molar-refractivity contribution >= 4 is 0 Å². The third kappa shape index (κ3) is 5.46. The van der Waals surface area contributed by atoms with Crippen LogP contribution in [0.1, 0.15) is 97.3 Å². The number of rotatable bonds is 9. The molecular weight excluding hydrogens is 284 g/mol. The number of ether oxygens (including phenoxy) is 2. The fraction of sp³-hybridized carbons (Fsp3) is 1.00. The Morgan fingerprint density at radius 1 is 0.870 bits per heavy atom. The summed E-state index contributed by atoms with van der Waals surface area (Å²) in [5, 5.41) is 0. The average molecular weight is 325 g/mol. The highest BCUT2D eigenvalue weighted by Crippen LogP contribution is 2.46. The fourth-order valence-corrected chi connectivity index (χ4v) is 4.96. The molecule has 2 saturated carbocycles. The molecule has 0 amide bonds. The molecule has 2 aliphatic rings. The molecule has 2 heteroatoms. The van der Waals surface area contributed by atoms with Crippen LogP contribution in [0.3, 0.4) is 0 Å². The molecule has 0 aromatic carbocycles. The Morgan fingerprint density at radius 2 is 1.57 bits per heavy atom. The second-order valence-corrected chi connectivity index (χ2v) is 8.05. The van der Waals surface area contributed by atoms with Gasteiger partial charge >= 0.3 is 0 Å². The van der Waals surface area contributed by atoms with Gasteiger partial charge in [0.15, 0.2) is 0 Å². The molecule has 0 radical (unpaired) electrons. The van der Waals surface area contributed by atoms with Crippen LogP contribution >= 0.6 is 0 Å². The van der Waals surface area contributed by atoms with Crippen molar-refractivity contribution in [1.29, 1.82) is 0 Å². The Kier molecular flexibility index (Phi) is 8.40. The van der Waals surface area contributed by atoms with Gasteiger partial charge in [-0.2, -0.15) is 0 Å². The summed E-state index contributed by atoms with van der Waals surface area (Å²) in [7, 11) is 1.97. The van der Waals surface area contributed by atoms with Gasteiger partial charge in [-0.1, -0.05) is 39.5 Å². The molecule has 0 saturated heterocycles. The Hall–Kier alpha value is -0.0800. The predicted molar refractivity (Wildman–Crippen MR) is 97.8 cm³/mol. The highest BCUT2D eigenvalue weighted by Gasteiger charge is 2.43. The zero-order chi connectivity index (χ0) is 16.5. The smallest absolute Gasteiger partial charge is 0.0707 e. The molecule has 2 fully saturated rings. The first-order valence-electron chi connectivity index (χ1n) is 10.4. The second-order valence-electron chi connectivity index (χ2n) is 8.05. The summed E-state index contributed by atoms with van der Waals surface area (Å²) in [6, 6.07) is 0. The van der Waals surface area contributed by atoms with E-state index in [1.807, 2.05) is 7.11 Å². The van der Waals surface area contributed by atoms with E-state index in [0.717, 1.165) is 24.9 Å². The molecule has 0 spiro atoms. The highest BCUT2D eigenvalue weighted by molar-refractivity contribution is 4.95. The van der Waals surface area contributed by atoms with Crippen LogP contribution in [0, 0.1) is 11.8 Å². The van der Waals surface area contributed by atoms with E-state index in [9.17, 15) is 0 Å². The van der Waals surface area contributed by atoms with E-state index >= 15 is 0 Å². The van der Waals surface area contributed by atoms with Gasteiger partial charge in [-0.3, -0.25) is 0 Å². The number of hydrogen-bond donors (Lipinski definition) is 0. The van der Waals surface area contributed by atoms with Crippen molar-refractivity contribution in [3.8, 4) is 0 Å². The Morgan fingerprint density at radius 3 is 2.13 bits per heavy atom. The Labute approximate surface area is 144 Å². The maximum Gasteiger partial charge on any atom is 0.0707 e. The maximum absolute atomic E-state index is 6.17. The Bertz CT molecular complexity index is 299. The third-order valence-corrected chi connectivity index (χ3v) is 6.55. The number of unbranched alkanes of at least 4 members (excludes halogenated alkanes) is 2. The van der Waals surface area contributed by atoms with Crippen molar-refractivity contribution in [2.24, 2.45) is 11.8 Å². The lowest BCUT2D eigenvalue weighted by atomic mass is 9.66. The van der Waals surface area contributed by atoms with Crippen LogP contribution in [-0.4, -0.2) is 25.4 Å². The molecule has 0 aromatic rings. The zero-order valence-corrected chi connectivity index (χ0v) is 15.9. The summed E-state index contributed by atoms with van der Waals surface area (Å²) < 4.78 is 12.1. The molecule has 0 aliphatic heterocycles. The largest absolute Gasteiger partial charge is 0.378 e. The zero-order valence-electron chi connectivity index (χ0n) is 15.9. The molecule has 0 atom stereocenters. The molecular formula is C21H40O2. The fourth-order valence-electron chi connectivity index (χ4n) is 4.96. The second kappa shape index (κ2) is 10.0. The van der Waals surface area contributed by atoms with Crippen LogP contribution in [0.2, 0.25) is 0 Å². The molecule has 2 nitrogen and oxygen atoms in total. The van der Waals surface area contributed by atoms with Crippen molar-refractivity contribution < 1.29 is 9.47 Å². The molecule has 2 aliphatic carbocycles. The molecule has 0 aromatic heterocycles. The summed E-state index contributed by atoms with van der Waals surface area (Å²) in [6.07, 6.45) is 17.8. The molecule has 136 valence electrons. The standard InChI is InChI=1S/C21H40O2/c1-4-6-7-8-18-13-15-21(22-3,16-14-18)19-9-11-20(12-10-19)23-17-5-2/h18-20H,4-17H2,1-3H3. The minimum Gasteiger partial charge on any atom is -0.378 e. The van der Waals surface area contributed by atoms with E-state index in [0.29, 0.717) is 6.10 Å². The topological polar surface area (TPSA) is 18.5 Å². The molecule has 0 unspecified atom stereocenters. The molecule has 0 heterocycles. The van der Waals surface area contributed by atoms with Crippen molar-refractivity contribution in [1.82, 2.24) is 0 Å².